The van der Waals surface area contributed by atoms with Crippen LogP contribution in [0.2, 0.25) is 0 Å². The molecule has 0 saturated heterocycles. The van der Waals surface area contributed by atoms with Crippen LogP contribution in [0.3, 0.4) is 0 Å². The highest BCUT2D eigenvalue weighted by molar-refractivity contribution is 6.06. The normalized spacial score (nSPS) is 10.9. The lowest BCUT2D eigenvalue weighted by Crippen LogP contribution is -2.15. The minimum atomic E-state index is -0.366. The van der Waals surface area contributed by atoms with E-state index in [4.69, 9.17) is 4.74 Å². The van der Waals surface area contributed by atoms with Crippen LogP contribution in [-0.4, -0.2) is 32.8 Å². The monoisotopic (exact) mass is 409 g/mol. The zero-order valence-electron chi connectivity index (χ0n) is 16.7. The van der Waals surface area contributed by atoms with Gasteiger partial charge >= 0.3 is 0 Å². The fourth-order valence-electron chi connectivity index (χ4n) is 3.44. The van der Waals surface area contributed by atoms with Crippen molar-refractivity contribution < 1.29 is 9.53 Å². The van der Waals surface area contributed by atoms with Gasteiger partial charge in [-0.25, -0.2) is 9.67 Å². The highest BCUT2D eigenvalue weighted by Crippen LogP contribution is 2.29. The van der Waals surface area contributed by atoms with E-state index in [1.807, 2.05) is 78.9 Å². The second kappa shape index (κ2) is 7.79. The Morgan fingerprint density at radius 1 is 0.968 bits per heavy atom. The molecule has 7 heteroatoms. The number of fused-ring (bicyclic) bond motifs is 1. The summed E-state index contributed by atoms with van der Waals surface area (Å²) in [4.78, 5) is 21.1. The largest absolute Gasteiger partial charge is 0.493 e. The lowest BCUT2D eigenvalue weighted by molar-refractivity contribution is 0.101. The van der Waals surface area contributed by atoms with Crippen molar-refractivity contribution in [3.05, 3.63) is 90.8 Å². The molecule has 5 rings (SSSR count). The van der Waals surface area contributed by atoms with Gasteiger partial charge in [0.25, 0.3) is 5.91 Å². The van der Waals surface area contributed by atoms with E-state index in [2.05, 4.69) is 20.4 Å². The number of hydrogen-bond donors (Lipinski definition) is 2. The van der Waals surface area contributed by atoms with Crippen LogP contribution in [-0.2, 0) is 0 Å². The Labute approximate surface area is 178 Å². The van der Waals surface area contributed by atoms with E-state index in [0.29, 0.717) is 17.3 Å². The molecule has 0 unspecified atom stereocenters. The van der Waals surface area contributed by atoms with E-state index in [1.165, 1.54) is 7.11 Å². The highest BCUT2D eigenvalue weighted by atomic mass is 16.5. The summed E-state index contributed by atoms with van der Waals surface area (Å²) < 4.78 is 7.02. The van der Waals surface area contributed by atoms with Crippen molar-refractivity contribution in [2.45, 2.75) is 0 Å². The number of para-hydroxylation sites is 4. The first kappa shape index (κ1) is 18.6. The molecule has 152 valence electrons. The second-order valence-corrected chi connectivity index (χ2v) is 6.93. The smallest absolute Gasteiger partial charge is 0.280 e. The summed E-state index contributed by atoms with van der Waals surface area (Å²) in [7, 11) is 1.52. The van der Waals surface area contributed by atoms with Crippen molar-refractivity contribution in [1.82, 2.24) is 19.7 Å². The number of carbonyl (C=O) groups excluding carboxylic acids is 1. The number of rotatable bonds is 5. The Morgan fingerprint density at radius 2 is 1.71 bits per heavy atom. The van der Waals surface area contributed by atoms with Gasteiger partial charge in [0.2, 0.25) is 0 Å². The summed E-state index contributed by atoms with van der Waals surface area (Å²) in [6.45, 7) is 0. The minimum absolute atomic E-state index is 0.200. The summed E-state index contributed by atoms with van der Waals surface area (Å²) in [5.74, 6) is 0.705. The van der Waals surface area contributed by atoms with Gasteiger partial charge in [-0.15, -0.1) is 0 Å². The number of methoxy groups -OCH3 is 1. The number of ether oxygens (including phenoxy) is 1. The van der Waals surface area contributed by atoms with Gasteiger partial charge in [0.05, 0.1) is 35.7 Å². The molecular weight excluding hydrogens is 390 g/mol. The van der Waals surface area contributed by atoms with Crippen LogP contribution in [0, 0.1) is 0 Å². The number of hydrogen-bond acceptors (Lipinski definition) is 4. The highest BCUT2D eigenvalue weighted by Gasteiger charge is 2.20. The maximum Gasteiger partial charge on any atom is 0.280 e. The van der Waals surface area contributed by atoms with Crippen LogP contribution in [0.15, 0.2) is 85.1 Å². The minimum Gasteiger partial charge on any atom is -0.493 e. The number of aromatic amines is 1. The predicted molar refractivity (Wildman–Crippen MR) is 120 cm³/mol. The maximum absolute atomic E-state index is 13.1. The first-order valence-electron chi connectivity index (χ1n) is 9.77. The van der Waals surface area contributed by atoms with Gasteiger partial charge < -0.3 is 15.0 Å². The van der Waals surface area contributed by atoms with Gasteiger partial charge in [0.1, 0.15) is 5.82 Å². The van der Waals surface area contributed by atoms with E-state index in [9.17, 15) is 4.79 Å². The fraction of sp³-hybridized carbons (Fsp3) is 0.0417. The SMILES string of the molecule is COc1cn(-c2ccccc2)nc1C(=O)Nc1ccccc1-c1nc2ccccc2[nH]1. The number of anilines is 1. The molecule has 7 nitrogen and oxygen atoms in total. The standard InChI is InChI=1S/C24H19N5O2/c1-31-21-15-29(16-9-3-2-4-10-16)28-22(21)24(30)27-18-12-6-5-11-17(18)23-25-19-13-7-8-14-20(19)26-23/h2-15H,1H3,(H,25,26)(H,27,30). The Balaban J connectivity index is 1.48. The summed E-state index contributed by atoms with van der Waals surface area (Å²) in [5, 5.41) is 7.40. The zero-order valence-corrected chi connectivity index (χ0v) is 16.7. The van der Waals surface area contributed by atoms with Gasteiger partial charge in [0, 0.05) is 5.56 Å². The molecule has 0 atom stereocenters. The van der Waals surface area contributed by atoms with Crippen LogP contribution < -0.4 is 10.1 Å². The molecule has 0 aliphatic carbocycles. The third kappa shape index (κ3) is 3.53. The molecule has 2 N–H and O–H groups in total. The number of amides is 1. The number of imidazole rings is 1. The third-order valence-corrected chi connectivity index (χ3v) is 4.96. The molecule has 0 aliphatic heterocycles. The number of benzene rings is 3. The molecule has 31 heavy (non-hydrogen) atoms. The number of carbonyl (C=O) groups is 1. The quantitative estimate of drug-likeness (QED) is 0.442. The molecule has 0 saturated carbocycles. The summed E-state index contributed by atoms with van der Waals surface area (Å²) in [5.41, 5.74) is 4.24. The Bertz CT molecular complexity index is 1340. The number of nitrogens with one attached hydrogen (secondary N) is 2. The van der Waals surface area contributed by atoms with Crippen LogP contribution in [0.4, 0.5) is 5.69 Å². The first-order valence-corrected chi connectivity index (χ1v) is 9.77. The molecule has 2 heterocycles. The van der Waals surface area contributed by atoms with Gasteiger partial charge in [-0.2, -0.15) is 5.10 Å². The number of H-pyrrole nitrogens is 1. The molecular formula is C24H19N5O2. The molecule has 0 bridgehead atoms. The predicted octanol–water partition coefficient (Wildman–Crippen LogP) is 4.68. The van der Waals surface area contributed by atoms with Crippen LogP contribution >= 0.6 is 0 Å². The van der Waals surface area contributed by atoms with Gasteiger partial charge in [-0.1, -0.05) is 42.5 Å². The maximum atomic E-state index is 13.1. The Hall–Kier alpha value is -4.39. The second-order valence-electron chi connectivity index (χ2n) is 6.93. The number of aromatic nitrogens is 4. The molecule has 0 aliphatic rings. The van der Waals surface area contributed by atoms with E-state index < -0.39 is 0 Å². The Morgan fingerprint density at radius 3 is 2.52 bits per heavy atom. The molecule has 0 radical (unpaired) electrons. The van der Waals surface area contributed by atoms with Crippen molar-refractivity contribution in [2.75, 3.05) is 12.4 Å². The van der Waals surface area contributed by atoms with Crippen LogP contribution in [0.25, 0.3) is 28.1 Å². The molecule has 0 fully saturated rings. The van der Waals surface area contributed by atoms with Crippen molar-refractivity contribution in [3.8, 4) is 22.8 Å². The van der Waals surface area contributed by atoms with E-state index in [1.54, 1.807) is 10.9 Å². The molecule has 1 amide bonds. The lowest BCUT2D eigenvalue weighted by Gasteiger charge is -2.09. The van der Waals surface area contributed by atoms with Gasteiger partial charge in [0.15, 0.2) is 11.4 Å². The summed E-state index contributed by atoms with van der Waals surface area (Å²) in [6, 6.07) is 24.9. The molecule has 2 aromatic heterocycles. The van der Waals surface area contributed by atoms with Crippen molar-refractivity contribution >= 4 is 22.6 Å². The zero-order chi connectivity index (χ0) is 21.2. The Kier molecular flexibility index (Phi) is 4.68. The van der Waals surface area contributed by atoms with Crippen LogP contribution in [0.1, 0.15) is 10.5 Å². The summed E-state index contributed by atoms with van der Waals surface area (Å²) in [6.07, 6.45) is 1.69. The van der Waals surface area contributed by atoms with E-state index in [-0.39, 0.29) is 11.6 Å². The first-order chi connectivity index (χ1) is 15.2. The lowest BCUT2D eigenvalue weighted by atomic mass is 10.1. The average Bonchev–Trinajstić information content (AvgIpc) is 3.44. The number of nitrogens with zero attached hydrogens (tertiary/aromatic N) is 3. The molecule has 3 aromatic carbocycles. The van der Waals surface area contributed by atoms with E-state index in [0.717, 1.165) is 22.3 Å². The summed E-state index contributed by atoms with van der Waals surface area (Å²) >= 11 is 0. The van der Waals surface area contributed by atoms with Gasteiger partial charge in [-0.05, 0) is 36.4 Å². The average molecular weight is 409 g/mol. The third-order valence-electron chi connectivity index (χ3n) is 4.96. The topological polar surface area (TPSA) is 84.8 Å². The van der Waals surface area contributed by atoms with Crippen molar-refractivity contribution in [1.29, 1.82) is 0 Å². The molecule has 0 spiro atoms. The van der Waals surface area contributed by atoms with Crippen molar-refractivity contribution in [2.24, 2.45) is 0 Å². The van der Waals surface area contributed by atoms with Crippen molar-refractivity contribution in [3.63, 3.8) is 0 Å². The van der Waals surface area contributed by atoms with Crippen LogP contribution in [0.5, 0.6) is 5.75 Å². The fourth-order valence-corrected chi connectivity index (χ4v) is 3.44. The van der Waals surface area contributed by atoms with E-state index >= 15 is 0 Å². The van der Waals surface area contributed by atoms with Gasteiger partial charge in [-0.3, -0.25) is 4.79 Å². The molecule has 5 aromatic rings.